The summed E-state index contributed by atoms with van der Waals surface area (Å²) in [6.45, 7) is -0.796. The summed E-state index contributed by atoms with van der Waals surface area (Å²) in [6, 6.07) is 13.7. The molecule has 0 spiro atoms. The molecule has 1 aliphatic rings. The van der Waals surface area contributed by atoms with Crippen molar-refractivity contribution in [2.24, 2.45) is 0 Å². The maximum Gasteiger partial charge on any atom is 0.0491 e. The van der Waals surface area contributed by atoms with Gasteiger partial charge in [-0.1, -0.05) is 42.9 Å². The van der Waals surface area contributed by atoms with Gasteiger partial charge in [-0.15, -0.1) is 0 Å². The van der Waals surface area contributed by atoms with Gasteiger partial charge in [0.1, 0.15) is 0 Å². The minimum Gasteiger partial charge on any atom is -0.399 e. The third-order valence-corrected chi connectivity index (χ3v) is 13.9. The van der Waals surface area contributed by atoms with E-state index in [0.29, 0.717) is 37.1 Å². The Morgan fingerprint density at radius 2 is 0.603 bits per heavy atom. The molecule has 2 nitrogen and oxygen atoms in total. The minimum atomic E-state index is -1.28. The second-order valence-electron chi connectivity index (χ2n) is 18.2. The second kappa shape index (κ2) is 26.2. The molecule has 44 radical (unpaired) electrons. The molecule has 1 fully saturated rings. The Kier molecular flexibility index (Phi) is 24.1. The van der Waals surface area contributed by atoms with Crippen LogP contribution >= 0.6 is 0 Å². The first-order valence-corrected chi connectivity index (χ1v) is 21.6. The molecule has 2 aromatic carbocycles. The van der Waals surface area contributed by atoms with E-state index in [0.717, 1.165) is 16.7 Å². The number of hydrogen-bond acceptors (Lipinski definition) is 2. The van der Waals surface area contributed by atoms with Crippen LogP contribution in [0.5, 0.6) is 0 Å². The molecule has 232 valence electrons. The fraction of sp³-hybridized carbons (Fsp3) is 0.333. The highest BCUT2D eigenvalue weighted by molar-refractivity contribution is 8.30. The van der Waals surface area contributed by atoms with Crippen LogP contribution in [0, 0.1) is 0 Å². The molecule has 3 rings (SSSR count). The van der Waals surface area contributed by atoms with Gasteiger partial charge in [0.15, 0.2) is 0 Å². The summed E-state index contributed by atoms with van der Waals surface area (Å²) in [5, 5.41) is 0. The predicted octanol–water partition coefficient (Wildman–Crippen LogP) is -11.9. The summed E-state index contributed by atoms with van der Waals surface area (Å²) in [5.41, 5.74) is 16.3. The van der Waals surface area contributed by atoms with E-state index in [-0.39, 0.29) is 11.7 Å². The van der Waals surface area contributed by atoms with Crippen LogP contribution in [0.4, 0.5) is 11.4 Å². The van der Waals surface area contributed by atoms with Crippen molar-refractivity contribution in [1.29, 1.82) is 0 Å². The molecule has 0 aromatic heterocycles. The highest BCUT2D eigenvalue weighted by Gasteiger charge is 2.59. The van der Waals surface area contributed by atoms with Crippen LogP contribution in [0.25, 0.3) is 11.1 Å². The average molecular weight is 730 g/mol. The monoisotopic (exact) mass is 739 g/mol. The van der Waals surface area contributed by atoms with Crippen LogP contribution in [0.2, 0.25) is 5.82 Å². The first kappa shape index (κ1) is 58.1. The van der Waals surface area contributed by atoms with Crippen molar-refractivity contribution >= 4 is 316 Å². The fourth-order valence-electron chi connectivity index (χ4n) is 11.4. The third kappa shape index (κ3) is 14.9. The SMILES string of the molecule is [B]B([B])B(B([B])[B])B(B([B])[B])B(B(B(B([B])[B])B([B])[B])B(B([B])[B])B([B])[B])B(B(B(B([B])[B])B([B])[B])B(B([B])[B])B([B])[B])C1CCC(c2ccc(-c3cc(N)cc(N)c3)cc2)CC1. The first-order chi connectivity index (χ1) is 29.2. The number of hydrogen-bond donors (Lipinski definition) is 2. The maximum absolute atomic E-state index is 6.88. The van der Waals surface area contributed by atoms with E-state index in [4.69, 9.17) is 182 Å². The molecule has 2 aromatic rings. The van der Waals surface area contributed by atoms with E-state index < -0.39 is 134 Å². The Labute approximate surface area is 420 Å². The average Bonchev–Trinajstić information content (AvgIpc) is 3.14. The van der Waals surface area contributed by atoms with Gasteiger partial charge in [-0.3, -0.25) is 0 Å². The molecular formula is C18H21B43N2. The third-order valence-electron chi connectivity index (χ3n) is 13.9. The van der Waals surface area contributed by atoms with Crippen LogP contribution in [0.15, 0.2) is 42.5 Å². The Balaban J connectivity index is 2.51. The quantitative estimate of drug-likeness (QED) is 0.0884. The molecule has 0 unspecified atom stereocenters. The van der Waals surface area contributed by atoms with Crippen molar-refractivity contribution in [1.82, 2.24) is 0 Å². The first-order valence-electron chi connectivity index (χ1n) is 21.6. The van der Waals surface area contributed by atoms with Crippen molar-refractivity contribution in [2.45, 2.75) is 37.4 Å². The van der Waals surface area contributed by atoms with Gasteiger partial charge >= 0.3 is 0 Å². The molecule has 0 atom stereocenters. The van der Waals surface area contributed by atoms with Gasteiger partial charge in [-0.25, -0.2) is 0 Å². The smallest absolute Gasteiger partial charge is 0.0491 e. The van der Waals surface area contributed by atoms with Gasteiger partial charge in [-0.2, -0.15) is 0 Å². The van der Waals surface area contributed by atoms with Crippen LogP contribution in [0.3, 0.4) is 0 Å². The number of nitrogen functional groups attached to an aromatic ring is 2. The normalized spacial score (nSPS) is 14.0. The van der Waals surface area contributed by atoms with E-state index in [1.165, 1.54) is 0 Å². The summed E-state index contributed by atoms with van der Waals surface area (Å²) < 4.78 is 0. The molecule has 0 aliphatic heterocycles. The highest BCUT2D eigenvalue weighted by Crippen LogP contribution is 2.43. The maximum atomic E-state index is 6.88. The van der Waals surface area contributed by atoms with Crippen LogP contribution < -0.4 is 11.5 Å². The van der Waals surface area contributed by atoms with Gasteiger partial charge in [0.25, 0.3) is 0 Å². The molecule has 63 heavy (non-hydrogen) atoms. The molecule has 4 N–H and O–H groups in total. The van der Waals surface area contributed by atoms with Gasteiger partial charge in [0.05, 0.1) is 0 Å². The number of rotatable bonds is 23. The van der Waals surface area contributed by atoms with E-state index in [2.05, 4.69) is 12.1 Å². The van der Waals surface area contributed by atoms with Crippen molar-refractivity contribution in [3.05, 3.63) is 48.0 Å². The van der Waals surface area contributed by atoms with Gasteiger partial charge in [0.2, 0.25) is 0 Å². The summed E-state index contributed by atoms with van der Waals surface area (Å²) in [4.78, 5) is 0. The zero-order valence-electron chi connectivity index (χ0n) is 36.5. The Morgan fingerprint density at radius 1 is 0.317 bits per heavy atom. The Hall–Kier alpha value is 0.832. The van der Waals surface area contributed by atoms with E-state index >= 15 is 0 Å². The van der Waals surface area contributed by atoms with Crippen molar-refractivity contribution in [2.75, 3.05) is 11.5 Å². The van der Waals surface area contributed by atoms with Crippen molar-refractivity contribution in [3.63, 3.8) is 0 Å². The zero-order valence-corrected chi connectivity index (χ0v) is 36.5. The predicted molar refractivity (Wildman–Crippen MR) is 333 cm³/mol. The lowest BCUT2D eigenvalue weighted by molar-refractivity contribution is 0.442. The van der Waals surface area contributed by atoms with Crippen LogP contribution in [-0.4, -0.2) is 304 Å². The lowest BCUT2D eigenvalue weighted by Crippen LogP contribution is -2.92. The molecule has 0 heterocycles. The van der Waals surface area contributed by atoms with Gasteiger partial charge < -0.3 is 11.5 Å². The standard InChI is InChI=1S/C18H21B43N2/c19-42(20)55(43(21)22)53(56(44(23)24)45(25)26)41(16-7-5-13(6-8-16)12-1-3-14(4-2-12)15-9-17(62)11-18(63)10-15)54(60(52(39)40)57(46(27)28)47(29)30)61(58(48(31)32)49(33)34)59(50(35)36)51(37)38/h1-4,9-11,13,16H,5-8,62-63H2. The number of nitrogens with two attached hydrogens (primary N) is 2. The topological polar surface area (TPSA) is 52.0 Å². The molecule has 0 bridgehead atoms. The number of anilines is 2. The molecule has 1 saturated carbocycles. The van der Waals surface area contributed by atoms with E-state index in [1.807, 2.05) is 24.3 Å². The lowest BCUT2D eigenvalue weighted by atomic mass is 8.29. The highest BCUT2D eigenvalue weighted by atomic mass is 14.6. The molecule has 0 saturated heterocycles. The van der Waals surface area contributed by atoms with Gasteiger partial charge in [-0.05, 0) is 53.6 Å². The van der Waals surface area contributed by atoms with E-state index in [1.54, 1.807) is 6.07 Å². The molecule has 0 amide bonds. The summed E-state index contributed by atoms with van der Waals surface area (Å²) >= 11 is 0. The summed E-state index contributed by atoms with van der Waals surface area (Å²) in [6.07, 6.45) is -20.1. The second-order valence-corrected chi connectivity index (χ2v) is 18.2. The molecule has 45 heteroatoms. The Morgan fingerprint density at radius 3 is 0.921 bits per heavy atom. The lowest BCUT2D eigenvalue weighted by Gasteiger charge is -2.56. The van der Waals surface area contributed by atoms with Crippen LogP contribution in [-0.2, 0) is 0 Å². The summed E-state index contributed by atoms with van der Waals surface area (Å²) in [7, 11) is 146. The molecular weight excluding hydrogens is 709 g/mol. The van der Waals surface area contributed by atoms with Crippen molar-refractivity contribution in [3.8, 4) is 11.1 Å². The van der Waals surface area contributed by atoms with Gasteiger partial charge in [0, 0.05) is 316 Å². The van der Waals surface area contributed by atoms with Crippen molar-refractivity contribution < 1.29 is 0 Å². The minimum absolute atomic E-state index is 0.115. The van der Waals surface area contributed by atoms with E-state index in [9.17, 15) is 0 Å². The summed E-state index contributed by atoms with van der Waals surface area (Å²) in [5.74, 6) is -0.214. The fourth-order valence-corrected chi connectivity index (χ4v) is 11.4. The van der Waals surface area contributed by atoms with Crippen LogP contribution in [0.1, 0.15) is 37.2 Å². The molecule has 1 aliphatic carbocycles. The number of benzene rings is 2. The largest absolute Gasteiger partial charge is 0.399 e. The Bertz CT molecular complexity index is 1530. The zero-order chi connectivity index (χ0) is 47.9.